The molecular formula is C17H23N3OS. The van der Waals surface area contributed by atoms with E-state index in [1.54, 1.807) is 17.5 Å². The molecule has 1 aliphatic rings. The Morgan fingerprint density at radius 2 is 2.32 bits per heavy atom. The fourth-order valence-corrected chi connectivity index (χ4v) is 3.91. The molecule has 0 spiro atoms. The smallest absolute Gasteiger partial charge is 0.222 e. The third kappa shape index (κ3) is 3.97. The van der Waals surface area contributed by atoms with E-state index in [0.29, 0.717) is 18.4 Å². The highest BCUT2D eigenvalue weighted by Gasteiger charge is 2.26. The summed E-state index contributed by atoms with van der Waals surface area (Å²) >= 11 is 1.78. The van der Waals surface area contributed by atoms with E-state index in [-0.39, 0.29) is 0 Å². The molecule has 1 atom stereocenters. The molecule has 1 fully saturated rings. The summed E-state index contributed by atoms with van der Waals surface area (Å²) in [6, 6.07) is 6.47. The van der Waals surface area contributed by atoms with E-state index < -0.39 is 0 Å². The Kier molecular flexibility index (Phi) is 5.27. The van der Waals surface area contributed by atoms with Gasteiger partial charge in [-0.05, 0) is 49.6 Å². The van der Waals surface area contributed by atoms with Crippen LogP contribution in [0.4, 0.5) is 0 Å². The monoisotopic (exact) mass is 317 g/mol. The van der Waals surface area contributed by atoms with Crippen molar-refractivity contribution in [3.8, 4) is 0 Å². The largest absolute Gasteiger partial charge is 0.338 e. The van der Waals surface area contributed by atoms with Crippen LogP contribution in [0.25, 0.3) is 0 Å². The third-order valence-corrected chi connectivity index (χ3v) is 5.23. The molecule has 0 aliphatic carbocycles. The molecule has 0 saturated carbocycles. The van der Waals surface area contributed by atoms with Gasteiger partial charge in [-0.3, -0.25) is 9.48 Å². The second kappa shape index (κ2) is 7.58. The van der Waals surface area contributed by atoms with Gasteiger partial charge in [0.2, 0.25) is 5.91 Å². The van der Waals surface area contributed by atoms with E-state index in [1.807, 2.05) is 16.9 Å². The minimum atomic E-state index is 0.308. The van der Waals surface area contributed by atoms with Crippen LogP contribution in [-0.4, -0.2) is 33.2 Å². The number of carbonyl (C=O) groups excluding carboxylic acids is 1. The molecule has 5 heteroatoms. The van der Waals surface area contributed by atoms with E-state index >= 15 is 0 Å². The number of likely N-dealkylation sites (tertiary alicyclic amines) is 1. The van der Waals surface area contributed by atoms with Gasteiger partial charge in [0.05, 0.1) is 12.6 Å². The molecule has 118 valence electrons. The fourth-order valence-electron chi connectivity index (χ4n) is 3.16. The molecule has 3 rings (SSSR count). The first-order chi connectivity index (χ1) is 10.8. The maximum Gasteiger partial charge on any atom is 0.222 e. The highest BCUT2D eigenvalue weighted by atomic mass is 32.1. The molecule has 0 unspecified atom stereocenters. The van der Waals surface area contributed by atoms with Crippen LogP contribution in [-0.2, 0) is 17.8 Å². The highest BCUT2D eigenvalue weighted by molar-refractivity contribution is 7.09. The van der Waals surface area contributed by atoms with Crippen LogP contribution >= 0.6 is 11.3 Å². The number of thiophene rings is 1. The number of amides is 1. The van der Waals surface area contributed by atoms with Crippen LogP contribution in [0.3, 0.4) is 0 Å². The van der Waals surface area contributed by atoms with Gasteiger partial charge < -0.3 is 4.90 Å². The minimum Gasteiger partial charge on any atom is -0.338 e. The Labute approximate surface area is 135 Å². The number of rotatable bonds is 6. The van der Waals surface area contributed by atoms with Gasteiger partial charge >= 0.3 is 0 Å². The van der Waals surface area contributed by atoms with Crippen LogP contribution in [0.1, 0.15) is 37.0 Å². The zero-order valence-corrected chi connectivity index (χ0v) is 13.7. The van der Waals surface area contributed by atoms with Gasteiger partial charge in [-0.2, -0.15) is 5.10 Å². The zero-order chi connectivity index (χ0) is 15.2. The summed E-state index contributed by atoms with van der Waals surface area (Å²) in [5, 5.41) is 6.38. The van der Waals surface area contributed by atoms with Crippen molar-refractivity contribution in [2.45, 2.75) is 51.1 Å². The van der Waals surface area contributed by atoms with Gasteiger partial charge in [0.1, 0.15) is 0 Å². The number of carbonyl (C=O) groups is 1. The van der Waals surface area contributed by atoms with Crippen molar-refractivity contribution in [1.29, 1.82) is 0 Å². The SMILES string of the molecule is O=C(CCCc1cccs1)N1CCCC[C@H]1Cn1cccn1. The molecule has 0 aromatic carbocycles. The topological polar surface area (TPSA) is 38.1 Å². The fraction of sp³-hybridized carbons (Fsp3) is 0.529. The van der Waals surface area contributed by atoms with Crippen molar-refractivity contribution >= 4 is 17.2 Å². The van der Waals surface area contributed by atoms with E-state index in [2.05, 4.69) is 27.5 Å². The first-order valence-corrected chi connectivity index (χ1v) is 9.00. The molecule has 0 bridgehead atoms. The van der Waals surface area contributed by atoms with Gasteiger partial charge in [0, 0.05) is 30.2 Å². The summed E-state index contributed by atoms with van der Waals surface area (Å²) in [4.78, 5) is 16.0. The van der Waals surface area contributed by atoms with E-state index in [4.69, 9.17) is 0 Å². The molecule has 1 amide bonds. The lowest BCUT2D eigenvalue weighted by Gasteiger charge is -2.36. The van der Waals surface area contributed by atoms with Gasteiger partial charge in [-0.1, -0.05) is 6.07 Å². The first kappa shape index (κ1) is 15.3. The Hall–Kier alpha value is -1.62. The van der Waals surface area contributed by atoms with Gasteiger partial charge in [0.25, 0.3) is 0 Å². The Bertz CT molecular complexity index is 565. The summed E-state index contributed by atoms with van der Waals surface area (Å²) in [7, 11) is 0. The molecule has 4 nitrogen and oxygen atoms in total. The van der Waals surface area contributed by atoms with Gasteiger partial charge in [-0.15, -0.1) is 11.3 Å². The maximum atomic E-state index is 12.6. The van der Waals surface area contributed by atoms with Crippen molar-refractivity contribution in [2.24, 2.45) is 0 Å². The van der Waals surface area contributed by atoms with Gasteiger partial charge in [-0.25, -0.2) is 0 Å². The Morgan fingerprint density at radius 1 is 1.36 bits per heavy atom. The summed E-state index contributed by atoms with van der Waals surface area (Å²) in [6.07, 6.45) is 9.84. The predicted octanol–water partition coefficient (Wildman–Crippen LogP) is 3.35. The number of hydrogen-bond acceptors (Lipinski definition) is 3. The van der Waals surface area contributed by atoms with Crippen molar-refractivity contribution in [3.63, 3.8) is 0 Å². The van der Waals surface area contributed by atoms with Crippen LogP contribution in [0.2, 0.25) is 0 Å². The molecule has 22 heavy (non-hydrogen) atoms. The summed E-state index contributed by atoms with van der Waals surface area (Å²) in [6.45, 7) is 1.73. The second-order valence-electron chi connectivity index (χ2n) is 5.90. The van der Waals surface area contributed by atoms with Crippen LogP contribution in [0, 0.1) is 0 Å². The molecule has 3 heterocycles. The number of hydrogen-bond donors (Lipinski definition) is 0. The lowest BCUT2D eigenvalue weighted by atomic mass is 10.0. The summed E-state index contributed by atoms with van der Waals surface area (Å²) in [5.41, 5.74) is 0. The van der Waals surface area contributed by atoms with Crippen LogP contribution < -0.4 is 0 Å². The summed E-state index contributed by atoms with van der Waals surface area (Å²) in [5.74, 6) is 0.313. The Balaban J connectivity index is 1.52. The number of aromatic nitrogens is 2. The molecular weight excluding hydrogens is 294 g/mol. The van der Waals surface area contributed by atoms with Crippen LogP contribution in [0.15, 0.2) is 36.0 Å². The van der Waals surface area contributed by atoms with E-state index in [1.165, 1.54) is 11.3 Å². The molecule has 1 aliphatic heterocycles. The van der Waals surface area contributed by atoms with Crippen molar-refractivity contribution in [1.82, 2.24) is 14.7 Å². The normalized spacial score (nSPS) is 18.5. The zero-order valence-electron chi connectivity index (χ0n) is 12.9. The third-order valence-electron chi connectivity index (χ3n) is 4.30. The van der Waals surface area contributed by atoms with Crippen molar-refractivity contribution in [2.75, 3.05) is 6.54 Å². The summed E-state index contributed by atoms with van der Waals surface area (Å²) < 4.78 is 1.95. The lowest BCUT2D eigenvalue weighted by Crippen LogP contribution is -2.45. The first-order valence-electron chi connectivity index (χ1n) is 8.12. The maximum absolute atomic E-state index is 12.6. The Morgan fingerprint density at radius 3 is 3.09 bits per heavy atom. The lowest BCUT2D eigenvalue weighted by molar-refractivity contribution is -0.135. The molecule has 0 N–H and O–H groups in total. The van der Waals surface area contributed by atoms with Crippen molar-refractivity contribution in [3.05, 3.63) is 40.8 Å². The van der Waals surface area contributed by atoms with Crippen molar-refractivity contribution < 1.29 is 4.79 Å². The quantitative estimate of drug-likeness (QED) is 0.819. The second-order valence-corrected chi connectivity index (χ2v) is 6.93. The van der Waals surface area contributed by atoms with Gasteiger partial charge in [0.15, 0.2) is 0 Å². The predicted molar refractivity (Wildman–Crippen MR) is 88.8 cm³/mol. The van der Waals surface area contributed by atoms with E-state index in [9.17, 15) is 4.79 Å². The number of piperidine rings is 1. The average Bonchev–Trinajstić information content (AvgIpc) is 3.21. The van der Waals surface area contributed by atoms with E-state index in [0.717, 1.165) is 38.8 Å². The molecule has 1 saturated heterocycles. The highest BCUT2D eigenvalue weighted by Crippen LogP contribution is 2.20. The molecule has 0 radical (unpaired) electrons. The standard InChI is InChI=1S/C17H23N3OS/c21-17(9-3-7-16-8-4-13-22-16)20-12-2-1-6-15(20)14-19-11-5-10-18-19/h4-5,8,10-11,13,15H,1-3,6-7,9,12,14H2/t15-/m0/s1. The average molecular weight is 317 g/mol. The minimum absolute atomic E-state index is 0.308. The number of nitrogens with zero attached hydrogens (tertiary/aromatic N) is 3. The molecule has 2 aromatic heterocycles. The molecule has 2 aromatic rings. The van der Waals surface area contributed by atoms with Crippen LogP contribution in [0.5, 0.6) is 0 Å². The number of aryl methyl sites for hydroxylation is 1.